The lowest BCUT2D eigenvalue weighted by Crippen LogP contribution is -2.65. The van der Waals surface area contributed by atoms with E-state index in [1.54, 1.807) is 13.8 Å². The van der Waals surface area contributed by atoms with E-state index in [2.05, 4.69) is 0 Å². The largest absolute Gasteiger partial charge is 0.478 e. The molecular formula is C13H16FNO5S. The average molecular weight is 317 g/mol. The first-order valence-corrected chi connectivity index (χ1v) is 7.77. The molecule has 8 heteroatoms. The Morgan fingerprint density at radius 2 is 1.95 bits per heavy atom. The van der Waals surface area contributed by atoms with Gasteiger partial charge in [-0.05, 0) is 24.1 Å². The van der Waals surface area contributed by atoms with Crippen LogP contribution >= 0.6 is 0 Å². The lowest BCUT2D eigenvalue weighted by molar-refractivity contribution is -0.0933. The molecule has 21 heavy (non-hydrogen) atoms. The number of halogens is 1. The van der Waals surface area contributed by atoms with Gasteiger partial charge in [0.25, 0.3) is 0 Å². The van der Waals surface area contributed by atoms with E-state index in [1.165, 1.54) is 0 Å². The van der Waals surface area contributed by atoms with Crippen LogP contribution in [0.5, 0.6) is 0 Å². The average Bonchev–Trinajstić information content (AvgIpc) is 2.33. The summed E-state index contributed by atoms with van der Waals surface area (Å²) < 4.78 is 39.3. The van der Waals surface area contributed by atoms with Gasteiger partial charge in [0.2, 0.25) is 10.0 Å². The number of sulfonamides is 1. The maximum Gasteiger partial charge on any atom is 0.335 e. The molecule has 1 aliphatic rings. The van der Waals surface area contributed by atoms with Crippen molar-refractivity contribution in [3.8, 4) is 0 Å². The van der Waals surface area contributed by atoms with Gasteiger partial charge in [-0.1, -0.05) is 13.8 Å². The number of hydrogen-bond acceptors (Lipinski definition) is 4. The van der Waals surface area contributed by atoms with Crippen molar-refractivity contribution in [2.24, 2.45) is 5.92 Å². The van der Waals surface area contributed by atoms with Crippen molar-refractivity contribution in [1.82, 2.24) is 4.31 Å². The fourth-order valence-electron chi connectivity index (χ4n) is 2.08. The fraction of sp³-hybridized carbons (Fsp3) is 0.462. The third kappa shape index (κ3) is 2.66. The van der Waals surface area contributed by atoms with E-state index < -0.39 is 32.3 Å². The summed E-state index contributed by atoms with van der Waals surface area (Å²) in [5, 5.41) is 18.8. The Morgan fingerprint density at radius 3 is 2.38 bits per heavy atom. The van der Waals surface area contributed by atoms with Crippen molar-refractivity contribution in [2.75, 3.05) is 13.1 Å². The Bertz CT molecular complexity index is 680. The second-order valence-corrected chi connectivity index (χ2v) is 7.39. The molecule has 6 nitrogen and oxygen atoms in total. The van der Waals surface area contributed by atoms with Crippen LogP contribution in [0.2, 0.25) is 0 Å². The van der Waals surface area contributed by atoms with E-state index in [4.69, 9.17) is 5.11 Å². The van der Waals surface area contributed by atoms with Crippen LogP contribution < -0.4 is 0 Å². The van der Waals surface area contributed by atoms with Crippen LogP contribution in [0.4, 0.5) is 4.39 Å². The molecule has 2 N–H and O–H groups in total. The highest BCUT2D eigenvalue weighted by atomic mass is 32.2. The SMILES string of the molecule is CC(C)C1(O)CN(S(=O)(=O)c2ccc(C(=O)O)cc2F)C1. The predicted octanol–water partition coefficient (Wildman–Crippen LogP) is 0.915. The monoisotopic (exact) mass is 317 g/mol. The summed E-state index contributed by atoms with van der Waals surface area (Å²) in [7, 11) is -4.07. The molecule has 1 aromatic carbocycles. The number of carboxylic acids is 1. The first kappa shape index (κ1) is 15.9. The molecule has 0 radical (unpaired) electrons. The highest BCUT2D eigenvalue weighted by Gasteiger charge is 2.49. The summed E-state index contributed by atoms with van der Waals surface area (Å²) in [5.74, 6) is -2.57. The number of nitrogens with zero attached hydrogens (tertiary/aromatic N) is 1. The molecule has 0 amide bonds. The molecular weight excluding hydrogens is 301 g/mol. The number of benzene rings is 1. The van der Waals surface area contributed by atoms with Gasteiger partial charge in [-0.2, -0.15) is 4.31 Å². The van der Waals surface area contributed by atoms with Crippen molar-refractivity contribution in [2.45, 2.75) is 24.3 Å². The van der Waals surface area contributed by atoms with Crippen LogP contribution in [0.1, 0.15) is 24.2 Å². The van der Waals surface area contributed by atoms with Gasteiger partial charge in [0.1, 0.15) is 10.7 Å². The van der Waals surface area contributed by atoms with E-state index in [1.807, 2.05) is 0 Å². The van der Waals surface area contributed by atoms with E-state index in [-0.39, 0.29) is 24.6 Å². The third-order valence-corrected chi connectivity index (χ3v) is 5.60. The lowest BCUT2D eigenvalue weighted by Gasteiger charge is -2.47. The molecule has 1 aliphatic heterocycles. The van der Waals surface area contributed by atoms with Crippen molar-refractivity contribution >= 4 is 16.0 Å². The van der Waals surface area contributed by atoms with Crippen molar-refractivity contribution in [1.29, 1.82) is 0 Å². The van der Waals surface area contributed by atoms with Crippen LogP contribution in [0.3, 0.4) is 0 Å². The number of carbonyl (C=O) groups is 1. The zero-order valence-corrected chi connectivity index (χ0v) is 12.4. The zero-order valence-electron chi connectivity index (χ0n) is 11.6. The smallest absolute Gasteiger partial charge is 0.335 e. The van der Waals surface area contributed by atoms with Crippen molar-refractivity contribution in [3.63, 3.8) is 0 Å². The zero-order chi connectivity index (χ0) is 16.0. The Hall–Kier alpha value is -1.51. The van der Waals surface area contributed by atoms with Crippen LogP contribution in [0.25, 0.3) is 0 Å². The highest BCUT2D eigenvalue weighted by Crippen LogP contribution is 2.33. The quantitative estimate of drug-likeness (QED) is 0.861. The Morgan fingerprint density at radius 1 is 1.38 bits per heavy atom. The molecule has 0 unspecified atom stereocenters. The van der Waals surface area contributed by atoms with Crippen LogP contribution in [0, 0.1) is 11.7 Å². The van der Waals surface area contributed by atoms with Gasteiger partial charge < -0.3 is 10.2 Å². The van der Waals surface area contributed by atoms with Gasteiger partial charge >= 0.3 is 5.97 Å². The van der Waals surface area contributed by atoms with Gasteiger partial charge in [0, 0.05) is 13.1 Å². The second-order valence-electron chi connectivity index (χ2n) is 5.48. The highest BCUT2D eigenvalue weighted by molar-refractivity contribution is 7.89. The Balaban J connectivity index is 2.28. The van der Waals surface area contributed by atoms with E-state index >= 15 is 0 Å². The van der Waals surface area contributed by atoms with Crippen LogP contribution in [-0.4, -0.2) is 47.6 Å². The molecule has 0 spiro atoms. The topological polar surface area (TPSA) is 94.9 Å². The summed E-state index contributed by atoms with van der Waals surface area (Å²) in [6.45, 7) is 3.33. The molecule has 2 rings (SSSR count). The standard InChI is InChI=1S/C13H16FNO5S/c1-8(2)13(18)6-15(7-13)21(19,20)11-4-3-9(12(16)17)5-10(11)14/h3-5,8,18H,6-7H2,1-2H3,(H,16,17). The third-order valence-electron chi connectivity index (χ3n) is 3.77. The summed E-state index contributed by atoms with van der Waals surface area (Å²) >= 11 is 0. The van der Waals surface area contributed by atoms with E-state index in [0.29, 0.717) is 6.07 Å². The van der Waals surface area contributed by atoms with Crippen molar-refractivity contribution < 1.29 is 27.8 Å². The summed E-state index contributed by atoms with van der Waals surface area (Å²) in [6, 6.07) is 2.64. The van der Waals surface area contributed by atoms with Gasteiger partial charge in [-0.25, -0.2) is 17.6 Å². The van der Waals surface area contributed by atoms with Crippen LogP contribution in [-0.2, 0) is 10.0 Å². The van der Waals surface area contributed by atoms with Gasteiger partial charge in [-0.15, -0.1) is 0 Å². The maximum atomic E-state index is 13.8. The number of hydrogen-bond donors (Lipinski definition) is 2. The molecule has 1 aromatic rings. The molecule has 0 aromatic heterocycles. The van der Waals surface area contributed by atoms with Gasteiger partial charge in [0.05, 0.1) is 11.2 Å². The molecule has 0 atom stereocenters. The summed E-state index contributed by atoms with van der Waals surface area (Å²) in [6.07, 6.45) is 0. The predicted molar refractivity (Wildman–Crippen MR) is 71.9 cm³/mol. The molecule has 1 saturated heterocycles. The normalized spacial score (nSPS) is 18.5. The summed E-state index contributed by atoms with van der Waals surface area (Å²) in [4.78, 5) is 10.1. The summed E-state index contributed by atoms with van der Waals surface area (Å²) in [5.41, 5.74) is -1.43. The van der Waals surface area contributed by atoms with Gasteiger partial charge in [-0.3, -0.25) is 0 Å². The first-order valence-electron chi connectivity index (χ1n) is 6.33. The Kier molecular flexibility index (Phi) is 3.81. The fourth-order valence-corrected chi connectivity index (χ4v) is 3.69. The molecule has 1 fully saturated rings. The van der Waals surface area contributed by atoms with Gasteiger partial charge in [0.15, 0.2) is 0 Å². The van der Waals surface area contributed by atoms with Crippen molar-refractivity contribution in [3.05, 3.63) is 29.6 Å². The molecule has 116 valence electrons. The molecule has 1 heterocycles. The van der Waals surface area contributed by atoms with E-state index in [0.717, 1.165) is 16.4 Å². The minimum atomic E-state index is -4.07. The van der Waals surface area contributed by atoms with Crippen LogP contribution in [0.15, 0.2) is 23.1 Å². The minimum Gasteiger partial charge on any atom is -0.478 e. The number of rotatable bonds is 4. The number of carboxylic acid groups (broad SMARTS) is 1. The Labute approximate surface area is 121 Å². The maximum absolute atomic E-state index is 13.8. The first-order chi connectivity index (χ1) is 9.58. The number of aromatic carboxylic acids is 1. The molecule has 0 aliphatic carbocycles. The molecule has 0 bridgehead atoms. The number of β-amino-alcohol motifs (C(OH)–C–C–N with tert-alkyl or cyclic N) is 1. The lowest BCUT2D eigenvalue weighted by atomic mass is 9.85. The number of aliphatic hydroxyl groups is 1. The minimum absolute atomic E-state index is 0.104. The molecule has 0 saturated carbocycles. The van der Waals surface area contributed by atoms with E-state index in [9.17, 15) is 22.7 Å². The second kappa shape index (κ2) is 5.04.